The van der Waals surface area contributed by atoms with Crippen molar-refractivity contribution < 1.29 is 19.0 Å². The van der Waals surface area contributed by atoms with E-state index in [1.165, 1.54) is 6.08 Å². The number of aryl methyl sites for hydroxylation is 1. The quantitative estimate of drug-likeness (QED) is 0.439. The number of nitrogens with zero attached hydrogens (tertiary/aromatic N) is 2. The molecule has 3 rings (SSSR count). The molecule has 2 aromatic carbocycles. The largest absolute Gasteiger partial charge is 0.493 e. The molecule has 0 aliphatic heterocycles. The standard InChI is InChI=1S/C22H22N2O4/c1-24-14-13-23-21(24)15-28-18-10-7-16(8-11-18)19(25)12-9-17-5-4-6-20(26-2)22(17)27-3/h4-14H,15H2,1-3H3/b12-9+. The van der Waals surface area contributed by atoms with Crippen molar-refractivity contribution in [3.63, 3.8) is 0 Å². The van der Waals surface area contributed by atoms with Gasteiger partial charge in [-0.05, 0) is 42.5 Å². The van der Waals surface area contributed by atoms with Crippen molar-refractivity contribution in [2.75, 3.05) is 14.2 Å². The third kappa shape index (κ3) is 4.40. The number of imidazole rings is 1. The minimum absolute atomic E-state index is 0.111. The summed E-state index contributed by atoms with van der Waals surface area (Å²) < 4.78 is 18.3. The summed E-state index contributed by atoms with van der Waals surface area (Å²) in [5, 5.41) is 0. The van der Waals surface area contributed by atoms with E-state index in [1.54, 1.807) is 50.8 Å². The summed E-state index contributed by atoms with van der Waals surface area (Å²) in [6, 6.07) is 12.5. The van der Waals surface area contributed by atoms with Gasteiger partial charge < -0.3 is 18.8 Å². The first-order chi connectivity index (χ1) is 13.6. The Bertz CT molecular complexity index is 974. The second-order valence-electron chi connectivity index (χ2n) is 6.05. The number of rotatable bonds is 8. The normalized spacial score (nSPS) is 10.8. The van der Waals surface area contributed by atoms with Crippen molar-refractivity contribution in [2.24, 2.45) is 7.05 Å². The van der Waals surface area contributed by atoms with Crippen molar-refractivity contribution in [2.45, 2.75) is 6.61 Å². The molecule has 0 spiro atoms. The fourth-order valence-electron chi connectivity index (χ4n) is 2.70. The van der Waals surface area contributed by atoms with Gasteiger partial charge in [0.1, 0.15) is 18.2 Å². The Morgan fingerprint density at radius 1 is 1.11 bits per heavy atom. The number of ketones is 1. The Labute approximate surface area is 164 Å². The number of aromatic nitrogens is 2. The van der Waals surface area contributed by atoms with Crippen LogP contribution >= 0.6 is 0 Å². The molecule has 0 radical (unpaired) electrons. The van der Waals surface area contributed by atoms with Crippen LogP contribution in [-0.2, 0) is 13.7 Å². The number of ether oxygens (including phenoxy) is 3. The number of carbonyl (C=O) groups is 1. The van der Waals surface area contributed by atoms with E-state index in [2.05, 4.69) is 4.98 Å². The molecule has 0 atom stereocenters. The summed E-state index contributed by atoms with van der Waals surface area (Å²) in [6.07, 6.45) is 6.82. The van der Waals surface area contributed by atoms with Gasteiger partial charge in [-0.15, -0.1) is 0 Å². The summed E-state index contributed by atoms with van der Waals surface area (Å²) >= 11 is 0. The molecule has 0 bridgehead atoms. The average molecular weight is 378 g/mol. The highest BCUT2D eigenvalue weighted by Gasteiger charge is 2.08. The van der Waals surface area contributed by atoms with Gasteiger partial charge in [0.25, 0.3) is 0 Å². The van der Waals surface area contributed by atoms with Crippen LogP contribution < -0.4 is 14.2 Å². The Hall–Kier alpha value is -3.54. The molecule has 0 unspecified atom stereocenters. The lowest BCUT2D eigenvalue weighted by Crippen LogP contribution is -2.03. The summed E-state index contributed by atoms with van der Waals surface area (Å²) in [5.74, 6) is 2.60. The summed E-state index contributed by atoms with van der Waals surface area (Å²) in [4.78, 5) is 16.7. The van der Waals surface area contributed by atoms with Crippen LogP contribution in [0, 0.1) is 0 Å². The van der Waals surface area contributed by atoms with Crippen molar-refractivity contribution >= 4 is 11.9 Å². The molecular formula is C22H22N2O4. The van der Waals surface area contributed by atoms with Crippen LogP contribution in [0.3, 0.4) is 0 Å². The smallest absolute Gasteiger partial charge is 0.185 e. The molecule has 6 nitrogen and oxygen atoms in total. The lowest BCUT2D eigenvalue weighted by Gasteiger charge is -2.09. The monoisotopic (exact) mass is 378 g/mol. The molecule has 6 heteroatoms. The summed E-state index contributed by atoms with van der Waals surface area (Å²) in [5.41, 5.74) is 1.34. The van der Waals surface area contributed by atoms with Crippen molar-refractivity contribution in [1.29, 1.82) is 0 Å². The molecule has 0 aliphatic rings. The Morgan fingerprint density at radius 2 is 1.89 bits per heavy atom. The average Bonchev–Trinajstić information content (AvgIpc) is 3.15. The van der Waals surface area contributed by atoms with Crippen LogP contribution in [0.4, 0.5) is 0 Å². The van der Waals surface area contributed by atoms with Gasteiger partial charge >= 0.3 is 0 Å². The van der Waals surface area contributed by atoms with E-state index >= 15 is 0 Å². The molecule has 1 heterocycles. The second kappa shape index (κ2) is 8.90. The topological polar surface area (TPSA) is 62.6 Å². The van der Waals surface area contributed by atoms with Crippen molar-refractivity contribution in [1.82, 2.24) is 9.55 Å². The highest BCUT2D eigenvalue weighted by Crippen LogP contribution is 2.31. The van der Waals surface area contributed by atoms with Crippen molar-refractivity contribution in [3.05, 3.63) is 77.9 Å². The van der Waals surface area contributed by atoms with Gasteiger partial charge in [0.15, 0.2) is 17.3 Å². The fourth-order valence-corrected chi connectivity index (χ4v) is 2.70. The molecule has 28 heavy (non-hydrogen) atoms. The molecule has 144 valence electrons. The van der Waals surface area contributed by atoms with Gasteiger partial charge in [-0.1, -0.05) is 12.1 Å². The van der Waals surface area contributed by atoms with Crippen LogP contribution in [0.1, 0.15) is 21.7 Å². The zero-order valence-electron chi connectivity index (χ0n) is 16.1. The number of methoxy groups -OCH3 is 2. The zero-order valence-corrected chi connectivity index (χ0v) is 16.1. The lowest BCUT2D eigenvalue weighted by molar-refractivity contribution is 0.104. The first kappa shape index (κ1) is 19.2. The van der Waals surface area contributed by atoms with E-state index in [1.807, 2.05) is 36.0 Å². The van der Waals surface area contributed by atoms with Gasteiger partial charge in [0.05, 0.1) is 14.2 Å². The van der Waals surface area contributed by atoms with Crippen LogP contribution in [0.2, 0.25) is 0 Å². The van der Waals surface area contributed by atoms with Gasteiger partial charge in [0, 0.05) is 30.6 Å². The van der Waals surface area contributed by atoms with E-state index in [9.17, 15) is 4.79 Å². The van der Waals surface area contributed by atoms with E-state index < -0.39 is 0 Å². The van der Waals surface area contributed by atoms with E-state index in [-0.39, 0.29) is 5.78 Å². The maximum Gasteiger partial charge on any atom is 0.185 e. The second-order valence-corrected chi connectivity index (χ2v) is 6.05. The molecule has 0 saturated carbocycles. The van der Waals surface area contributed by atoms with Gasteiger partial charge in [-0.2, -0.15) is 0 Å². The first-order valence-electron chi connectivity index (χ1n) is 8.75. The fraction of sp³-hybridized carbons (Fsp3) is 0.182. The Balaban J connectivity index is 1.66. The highest BCUT2D eigenvalue weighted by atomic mass is 16.5. The summed E-state index contributed by atoms with van der Waals surface area (Å²) in [6.45, 7) is 0.367. The minimum Gasteiger partial charge on any atom is -0.493 e. The lowest BCUT2D eigenvalue weighted by atomic mass is 10.1. The Kier molecular flexibility index (Phi) is 6.11. The molecule has 0 amide bonds. The van der Waals surface area contributed by atoms with E-state index in [0.717, 1.165) is 11.4 Å². The predicted molar refractivity (Wildman–Crippen MR) is 107 cm³/mol. The molecule has 0 N–H and O–H groups in total. The van der Waals surface area contributed by atoms with Gasteiger partial charge in [0.2, 0.25) is 0 Å². The number of hydrogen-bond acceptors (Lipinski definition) is 5. The molecule has 0 saturated heterocycles. The summed E-state index contributed by atoms with van der Waals surface area (Å²) in [7, 11) is 5.06. The SMILES string of the molecule is COc1cccc(/C=C/C(=O)c2ccc(OCc3nccn3C)cc2)c1OC. The van der Waals surface area contributed by atoms with Gasteiger partial charge in [-0.3, -0.25) is 4.79 Å². The van der Waals surface area contributed by atoms with E-state index in [0.29, 0.717) is 29.4 Å². The Morgan fingerprint density at radius 3 is 2.54 bits per heavy atom. The van der Waals surface area contributed by atoms with E-state index in [4.69, 9.17) is 14.2 Å². The number of para-hydroxylation sites is 1. The first-order valence-corrected chi connectivity index (χ1v) is 8.75. The highest BCUT2D eigenvalue weighted by molar-refractivity contribution is 6.07. The third-order valence-electron chi connectivity index (χ3n) is 4.28. The number of hydrogen-bond donors (Lipinski definition) is 0. The number of allylic oxidation sites excluding steroid dienone is 1. The number of carbonyl (C=O) groups excluding carboxylic acids is 1. The molecule has 1 aromatic heterocycles. The molecule has 3 aromatic rings. The van der Waals surface area contributed by atoms with Crippen molar-refractivity contribution in [3.8, 4) is 17.2 Å². The van der Waals surface area contributed by atoms with Crippen LogP contribution in [0.15, 0.2) is 60.9 Å². The van der Waals surface area contributed by atoms with Crippen LogP contribution in [-0.4, -0.2) is 29.6 Å². The zero-order chi connectivity index (χ0) is 19.9. The molecule has 0 aliphatic carbocycles. The molecule has 0 fully saturated rings. The van der Waals surface area contributed by atoms with Crippen LogP contribution in [0.5, 0.6) is 17.2 Å². The van der Waals surface area contributed by atoms with Crippen LogP contribution in [0.25, 0.3) is 6.08 Å². The maximum absolute atomic E-state index is 12.5. The minimum atomic E-state index is -0.111. The number of benzene rings is 2. The molecular weight excluding hydrogens is 356 g/mol. The predicted octanol–water partition coefficient (Wildman–Crippen LogP) is 3.91. The van der Waals surface area contributed by atoms with Gasteiger partial charge in [-0.25, -0.2) is 4.98 Å². The maximum atomic E-state index is 12.5. The third-order valence-corrected chi connectivity index (χ3v) is 4.28.